The van der Waals surface area contributed by atoms with Crippen molar-refractivity contribution in [3.8, 4) is 0 Å². The van der Waals surface area contributed by atoms with Gasteiger partial charge in [-0.3, -0.25) is 4.79 Å². The Labute approximate surface area is 165 Å². The fourth-order valence-corrected chi connectivity index (χ4v) is 3.93. The molecule has 0 fully saturated rings. The summed E-state index contributed by atoms with van der Waals surface area (Å²) in [6.45, 7) is 5.11. The fraction of sp³-hybridized carbons (Fsp3) is 0.250. The van der Waals surface area contributed by atoms with Crippen LogP contribution >= 0.6 is 11.3 Å². The Balaban J connectivity index is 1.61. The predicted octanol–water partition coefficient (Wildman–Crippen LogP) is 3.42. The van der Waals surface area contributed by atoms with E-state index in [4.69, 9.17) is 10.5 Å². The summed E-state index contributed by atoms with van der Waals surface area (Å²) < 4.78 is 18.6. The van der Waals surface area contributed by atoms with Gasteiger partial charge in [-0.1, -0.05) is 12.1 Å². The lowest BCUT2D eigenvalue weighted by atomic mass is 10.1. The van der Waals surface area contributed by atoms with Crippen LogP contribution in [0.2, 0.25) is 0 Å². The minimum absolute atomic E-state index is 0.140. The number of carbonyl (C=O) groups is 2. The monoisotopic (exact) mass is 401 g/mol. The van der Waals surface area contributed by atoms with E-state index < -0.39 is 18.5 Å². The summed E-state index contributed by atoms with van der Waals surface area (Å²) in [7, 11) is 0. The number of rotatable bonds is 5. The maximum atomic E-state index is 13.5. The van der Waals surface area contributed by atoms with Crippen molar-refractivity contribution in [3.63, 3.8) is 0 Å². The van der Waals surface area contributed by atoms with E-state index in [1.54, 1.807) is 19.1 Å². The summed E-state index contributed by atoms with van der Waals surface area (Å²) in [6, 6.07) is 6.61. The summed E-state index contributed by atoms with van der Waals surface area (Å²) in [5.74, 6) is -1.49. The van der Waals surface area contributed by atoms with Crippen molar-refractivity contribution in [2.75, 3.05) is 12.3 Å². The van der Waals surface area contributed by atoms with Gasteiger partial charge in [-0.05, 0) is 49.6 Å². The first-order chi connectivity index (χ1) is 13.3. The van der Waals surface area contributed by atoms with Gasteiger partial charge in [0.25, 0.3) is 5.91 Å². The molecule has 28 heavy (non-hydrogen) atoms. The number of ether oxygens (including phenoxy) is 1. The number of esters is 1. The Bertz CT molecular complexity index is 1080. The van der Waals surface area contributed by atoms with Crippen LogP contribution in [0.15, 0.2) is 24.3 Å². The summed E-state index contributed by atoms with van der Waals surface area (Å²) in [5, 5.41) is 3.32. The van der Waals surface area contributed by atoms with E-state index >= 15 is 0 Å². The Kier molecular flexibility index (Phi) is 5.60. The highest BCUT2D eigenvalue weighted by Gasteiger charge is 2.21. The molecule has 6 nitrogen and oxygen atoms in total. The molecular formula is C20H20FN3O3S. The largest absolute Gasteiger partial charge is 0.451 e. The van der Waals surface area contributed by atoms with E-state index in [1.807, 2.05) is 19.9 Å². The molecule has 2 aromatic heterocycles. The van der Waals surface area contributed by atoms with Crippen LogP contribution in [0.25, 0.3) is 10.2 Å². The SMILES string of the molecule is Cc1cc(C)c2c(N)c(C(=O)OCC(=O)NCc3ccc(C)c(F)c3)sc2n1. The highest BCUT2D eigenvalue weighted by atomic mass is 32.1. The minimum Gasteiger partial charge on any atom is -0.451 e. The van der Waals surface area contributed by atoms with Gasteiger partial charge in [0.05, 0.1) is 5.69 Å². The second-order valence-electron chi connectivity index (χ2n) is 6.54. The van der Waals surface area contributed by atoms with Crippen molar-refractivity contribution in [1.82, 2.24) is 10.3 Å². The number of fused-ring (bicyclic) bond motifs is 1. The molecule has 0 spiro atoms. The number of nitrogens with two attached hydrogens (primary N) is 1. The number of aryl methyl sites for hydroxylation is 3. The lowest BCUT2D eigenvalue weighted by Gasteiger charge is -2.07. The molecule has 1 amide bonds. The van der Waals surface area contributed by atoms with Gasteiger partial charge in [-0.25, -0.2) is 14.2 Å². The smallest absolute Gasteiger partial charge is 0.351 e. The molecule has 0 saturated heterocycles. The second kappa shape index (κ2) is 7.93. The number of benzene rings is 1. The highest BCUT2D eigenvalue weighted by Crippen LogP contribution is 2.35. The van der Waals surface area contributed by atoms with Crippen LogP contribution < -0.4 is 11.1 Å². The topological polar surface area (TPSA) is 94.3 Å². The number of amides is 1. The summed E-state index contributed by atoms with van der Waals surface area (Å²) in [5.41, 5.74) is 9.31. The molecule has 0 aliphatic rings. The first-order valence-corrected chi connectivity index (χ1v) is 9.43. The molecule has 0 aliphatic carbocycles. The normalized spacial score (nSPS) is 10.9. The van der Waals surface area contributed by atoms with Crippen molar-refractivity contribution in [2.45, 2.75) is 27.3 Å². The van der Waals surface area contributed by atoms with Crippen LogP contribution in [0, 0.1) is 26.6 Å². The van der Waals surface area contributed by atoms with E-state index in [0.29, 0.717) is 21.6 Å². The average molecular weight is 401 g/mol. The number of nitrogen functional groups attached to an aromatic ring is 1. The van der Waals surface area contributed by atoms with Crippen LogP contribution in [0.1, 0.15) is 32.1 Å². The quantitative estimate of drug-likeness (QED) is 0.639. The Morgan fingerprint density at radius 2 is 1.96 bits per heavy atom. The third-order valence-corrected chi connectivity index (χ3v) is 5.35. The number of nitrogens with one attached hydrogen (secondary N) is 1. The zero-order valence-corrected chi connectivity index (χ0v) is 16.6. The van der Waals surface area contributed by atoms with Gasteiger partial charge in [-0.15, -0.1) is 11.3 Å². The Hall–Kier alpha value is -3.00. The number of carbonyl (C=O) groups excluding carboxylic acids is 2. The summed E-state index contributed by atoms with van der Waals surface area (Å²) in [4.78, 5) is 29.6. The number of aromatic nitrogens is 1. The molecule has 0 saturated carbocycles. The molecule has 3 aromatic rings. The maximum absolute atomic E-state index is 13.5. The molecule has 0 aliphatic heterocycles. The van der Waals surface area contributed by atoms with E-state index in [1.165, 1.54) is 6.07 Å². The molecule has 0 bridgehead atoms. The third-order valence-electron chi connectivity index (χ3n) is 4.27. The fourth-order valence-electron chi connectivity index (χ4n) is 2.82. The molecule has 0 radical (unpaired) electrons. The predicted molar refractivity (Wildman–Crippen MR) is 107 cm³/mol. The van der Waals surface area contributed by atoms with Gasteiger partial charge >= 0.3 is 5.97 Å². The van der Waals surface area contributed by atoms with Crippen molar-refractivity contribution in [1.29, 1.82) is 0 Å². The lowest BCUT2D eigenvalue weighted by Crippen LogP contribution is -2.28. The minimum atomic E-state index is -0.672. The molecular weight excluding hydrogens is 381 g/mol. The highest BCUT2D eigenvalue weighted by molar-refractivity contribution is 7.21. The Morgan fingerprint density at radius 3 is 2.68 bits per heavy atom. The van der Waals surface area contributed by atoms with Crippen LogP contribution in [-0.4, -0.2) is 23.5 Å². The number of nitrogens with zero attached hydrogens (tertiary/aromatic N) is 1. The van der Waals surface area contributed by atoms with Crippen LogP contribution in [-0.2, 0) is 16.1 Å². The number of halogens is 1. The van der Waals surface area contributed by atoms with Crippen molar-refractivity contribution in [3.05, 3.63) is 57.3 Å². The Morgan fingerprint density at radius 1 is 1.21 bits per heavy atom. The molecule has 8 heteroatoms. The van der Waals surface area contributed by atoms with Gasteiger partial charge in [0.2, 0.25) is 0 Å². The molecule has 0 unspecified atom stereocenters. The first kappa shape index (κ1) is 19.8. The summed E-state index contributed by atoms with van der Waals surface area (Å²) in [6.07, 6.45) is 0. The maximum Gasteiger partial charge on any atom is 0.351 e. The average Bonchev–Trinajstić information content (AvgIpc) is 2.97. The summed E-state index contributed by atoms with van der Waals surface area (Å²) >= 11 is 1.14. The van der Waals surface area contributed by atoms with Gasteiger partial charge in [-0.2, -0.15) is 0 Å². The standard InChI is InChI=1S/C20H20FN3O3S/c1-10-4-5-13(7-14(10)21)8-23-15(25)9-27-20(26)18-17(22)16-11(2)6-12(3)24-19(16)28-18/h4-7H,8-9,22H2,1-3H3,(H,23,25). The van der Waals surface area contributed by atoms with Gasteiger partial charge in [0, 0.05) is 17.6 Å². The number of thiophene rings is 1. The molecule has 3 rings (SSSR count). The van der Waals surface area contributed by atoms with Crippen molar-refractivity contribution in [2.24, 2.45) is 0 Å². The zero-order valence-electron chi connectivity index (χ0n) is 15.8. The lowest BCUT2D eigenvalue weighted by molar-refractivity contribution is -0.124. The van der Waals surface area contributed by atoms with Crippen LogP contribution in [0.5, 0.6) is 0 Å². The number of hydrogen-bond donors (Lipinski definition) is 2. The van der Waals surface area contributed by atoms with Crippen molar-refractivity contribution >= 4 is 39.1 Å². The molecule has 1 aromatic carbocycles. The number of pyridine rings is 1. The van der Waals surface area contributed by atoms with E-state index in [2.05, 4.69) is 10.3 Å². The van der Waals surface area contributed by atoms with Gasteiger partial charge in [0.1, 0.15) is 15.5 Å². The second-order valence-corrected chi connectivity index (χ2v) is 7.54. The molecule has 0 atom stereocenters. The third kappa shape index (κ3) is 4.12. The van der Waals surface area contributed by atoms with Crippen LogP contribution in [0.4, 0.5) is 10.1 Å². The molecule has 2 heterocycles. The van der Waals surface area contributed by atoms with E-state index in [9.17, 15) is 14.0 Å². The molecule has 3 N–H and O–H groups in total. The number of anilines is 1. The van der Waals surface area contributed by atoms with Gasteiger partial charge in [0.15, 0.2) is 6.61 Å². The number of hydrogen-bond acceptors (Lipinski definition) is 6. The van der Waals surface area contributed by atoms with Crippen LogP contribution in [0.3, 0.4) is 0 Å². The van der Waals surface area contributed by atoms with E-state index in [-0.39, 0.29) is 17.2 Å². The van der Waals surface area contributed by atoms with Gasteiger partial charge < -0.3 is 15.8 Å². The van der Waals surface area contributed by atoms with E-state index in [0.717, 1.165) is 28.0 Å². The van der Waals surface area contributed by atoms with Crippen molar-refractivity contribution < 1.29 is 18.7 Å². The first-order valence-electron chi connectivity index (χ1n) is 8.61. The molecule has 146 valence electrons. The zero-order chi connectivity index (χ0) is 20.4.